The number of rotatable bonds is 5. The molecule has 0 bridgehead atoms. The van der Waals surface area contributed by atoms with E-state index in [0.29, 0.717) is 0 Å². The highest BCUT2D eigenvalue weighted by Gasteiger charge is 2.30. The lowest BCUT2D eigenvalue weighted by molar-refractivity contribution is -0.126. The Kier molecular flexibility index (Phi) is 4.76. The summed E-state index contributed by atoms with van der Waals surface area (Å²) in [7, 11) is 1.63. The summed E-state index contributed by atoms with van der Waals surface area (Å²) >= 11 is 0. The van der Waals surface area contributed by atoms with E-state index >= 15 is 0 Å². The SMILES string of the molecule is CCC(C)NC(=O)C(C)(C)c1ccc(OC)cc1. The summed E-state index contributed by atoms with van der Waals surface area (Å²) in [5.41, 5.74) is 0.458. The summed E-state index contributed by atoms with van der Waals surface area (Å²) in [4.78, 5) is 12.2. The average Bonchev–Trinajstić information content (AvgIpc) is 2.38. The third-order valence-electron chi connectivity index (χ3n) is 3.37. The number of carbonyl (C=O) groups is 1. The van der Waals surface area contributed by atoms with Gasteiger partial charge in [-0.1, -0.05) is 19.1 Å². The molecule has 0 heterocycles. The molecule has 0 aromatic heterocycles. The highest BCUT2D eigenvalue weighted by molar-refractivity contribution is 5.87. The second kappa shape index (κ2) is 5.89. The highest BCUT2D eigenvalue weighted by atomic mass is 16.5. The van der Waals surface area contributed by atoms with Gasteiger partial charge in [0.05, 0.1) is 12.5 Å². The van der Waals surface area contributed by atoms with Crippen molar-refractivity contribution in [1.82, 2.24) is 5.32 Å². The van der Waals surface area contributed by atoms with Crippen LogP contribution in [0.4, 0.5) is 0 Å². The summed E-state index contributed by atoms with van der Waals surface area (Å²) in [6, 6.07) is 7.85. The summed E-state index contributed by atoms with van der Waals surface area (Å²) in [6.07, 6.45) is 0.935. The number of ether oxygens (including phenoxy) is 1. The van der Waals surface area contributed by atoms with Crippen LogP contribution in [0.25, 0.3) is 0 Å². The first kappa shape index (κ1) is 14.6. The molecule has 1 rings (SSSR count). The van der Waals surface area contributed by atoms with Crippen molar-refractivity contribution in [2.45, 2.75) is 45.6 Å². The number of benzene rings is 1. The second-order valence-corrected chi connectivity index (χ2v) is 5.14. The lowest BCUT2D eigenvalue weighted by atomic mass is 9.83. The molecular formula is C15H23NO2. The summed E-state index contributed by atoms with van der Waals surface area (Å²) in [5, 5.41) is 3.03. The van der Waals surface area contributed by atoms with E-state index in [1.807, 2.05) is 45.0 Å². The lowest BCUT2D eigenvalue weighted by Crippen LogP contribution is -2.43. The van der Waals surface area contributed by atoms with Crippen molar-refractivity contribution in [1.29, 1.82) is 0 Å². The van der Waals surface area contributed by atoms with Crippen molar-refractivity contribution in [3.63, 3.8) is 0 Å². The van der Waals surface area contributed by atoms with Crippen LogP contribution in [0, 0.1) is 0 Å². The average molecular weight is 249 g/mol. The van der Waals surface area contributed by atoms with Gasteiger partial charge in [0, 0.05) is 6.04 Å². The molecule has 0 aliphatic heterocycles. The van der Waals surface area contributed by atoms with E-state index in [0.717, 1.165) is 17.7 Å². The molecule has 0 aliphatic carbocycles. The molecule has 1 unspecified atom stereocenters. The number of amides is 1. The Hall–Kier alpha value is -1.51. The first-order valence-electron chi connectivity index (χ1n) is 6.37. The van der Waals surface area contributed by atoms with Gasteiger partial charge in [-0.05, 0) is 44.9 Å². The van der Waals surface area contributed by atoms with Crippen molar-refractivity contribution >= 4 is 5.91 Å². The third kappa shape index (κ3) is 3.25. The van der Waals surface area contributed by atoms with E-state index in [9.17, 15) is 4.79 Å². The Morgan fingerprint density at radius 3 is 2.33 bits per heavy atom. The third-order valence-corrected chi connectivity index (χ3v) is 3.37. The molecule has 100 valence electrons. The van der Waals surface area contributed by atoms with Crippen LogP contribution in [0.2, 0.25) is 0 Å². The minimum atomic E-state index is -0.532. The predicted octanol–water partition coefficient (Wildman–Crippen LogP) is 2.89. The Balaban J connectivity index is 2.86. The summed E-state index contributed by atoms with van der Waals surface area (Å²) < 4.78 is 5.12. The Bertz CT molecular complexity index is 395. The Morgan fingerprint density at radius 1 is 1.33 bits per heavy atom. The van der Waals surface area contributed by atoms with Gasteiger partial charge in [-0.15, -0.1) is 0 Å². The molecule has 1 atom stereocenters. The molecule has 1 amide bonds. The van der Waals surface area contributed by atoms with E-state index in [-0.39, 0.29) is 11.9 Å². The summed E-state index contributed by atoms with van der Waals surface area (Å²) in [5.74, 6) is 0.860. The van der Waals surface area contributed by atoms with Crippen LogP contribution in [-0.2, 0) is 10.2 Å². The molecule has 1 aromatic carbocycles. The van der Waals surface area contributed by atoms with Crippen molar-refractivity contribution in [3.05, 3.63) is 29.8 Å². The summed E-state index contributed by atoms with van der Waals surface area (Å²) in [6.45, 7) is 7.95. The number of hydrogen-bond donors (Lipinski definition) is 1. The van der Waals surface area contributed by atoms with Crippen molar-refractivity contribution < 1.29 is 9.53 Å². The van der Waals surface area contributed by atoms with Gasteiger partial charge in [0.15, 0.2) is 0 Å². The predicted molar refractivity (Wildman–Crippen MR) is 73.9 cm³/mol. The van der Waals surface area contributed by atoms with Gasteiger partial charge in [0.25, 0.3) is 0 Å². The van der Waals surface area contributed by atoms with Crippen LogP contribution in [0.15, 0.2) is 24.3 Å². The minimum absolute atomic E-state index is 0.0574. The second-order valence-electron chi connectivity index (χ2n) is 5.14. The van der Waals surface area contributed by atoms with Gasteiger partial charge in [-0.25, -0.2) is 0 Å². The molecule has 1 aromatic rings. The molecule has 0 spiro atoms. The van der Waals surface area contributed by atoms with E-state index < -0.39 is 5.41 Å². The lowest BCUT2D eigenvalue weighted by Gasteiger charge is -2.26. The van der Waals surface area contributed by atoms with Crippen LogP contribution in [-0.4, -0.2) is 19.1 Å². The maximum atomic E-state index is 12.2. The standard InChI is InChI=1S/C15H23NO2/c1-6-11(2)16-14(17)15(3,4)12-7-9-13(18-5)10-8-12/h7-11H,6H2,1-5H3,(H,16,17). The number of carbonyl (C=O) groups excluding carboxylic acids is 1. The maximum absolute atomic E-state index is 12.2. The van der Waals surface area contributed by atoms with E-state index in [4.69, 9.17) is 4.74 Å². The molecule has 0 saturated heterocycles. The fourth-order valence-electron chi connectivity index (χ4n) is 1.65. The fourth-order valence-corrected chi connectivity index (χ4v) is 1.65. The number of hydrogen-bond acceptors (Lipinski definition) is 2. The van der Waals surface area contributed by atoms with Gasteiger partial charge in [0.2, 0.25) is 5.91 Å². The van der Waals surface area contributed by atoms with Crippen LogP contribution in [0.3, 0.4) is 0 Å². The van der Waals surface area contributed by atoms with Crippen molar-refractivity contribution in [2.75, 3.05) is 7.11 Å². The van der Waals surface area contributed by atoms with Gasteiger partial charge < -0.3 is 10.1 Å². The largest absolute Gasteiger partial charge is 0.497 e. The van der Waals surface area contributed by atoms with Crippen molar-refractivity contribution in [3.8, 4) is 5.75 Å². The molecule has 3 heteroatoms. The smallest absolute Gasteiger partial charge is 0.230 e. The molecule has 0 saturated carbocycles. The van der Waals surface area contributed by atoms with Crippen LogP contribution in [0.5, 0.6) is 5.75 Å². The van der Waals surface area contributed by atoms with Gasteiger partial charge in [-0.2, -0.15) is 0 Å². The molecule has 0 radical (unpaired) electrons. The Labute approximate surface area is 110 Å². The molecule has 0 fully saturated rings. The first-order valence-corrected chi connectivity index (χ1v) is 6.37. The first-order chi connectivity index (χ1) is 8.41. The van der Waals surface area contributed by atoms with Crippen molar-refractivity contribution in [2.24, 2.45) is 0 Å². The van der Waals surface area contributed by atoms with Gasteiger partial charge in [-0.3, -0.25) is 4.79 Å². The van der Waals surface area contributed by atoms with E-state index in [2.05, 4.69) is 12.2 Å². The molecule has 0 aliphatic rings. The van der Waals surface area contributed by atoms with E-state index in [1.165, 1.54) is 0 Å². The van der Waals surface area contributed by atoms with Crippen LogP contribution < -0.4 is 10.1 Å². The molecule has 3 nitrogen and oxygen atoms in total. The van der Waals surface area contributed by atoms with Crippen LogP contribution in [0.1, 0.15) is 39.7 Å². The topological polar surface area (TPSA) is 38.3 Å². The van der Waals surface area contributed by atoms with Gasteiger partial charge in [0.1, 0.15) is 5.75 Å². The molecule has 1 N–H and O–H groups in total. The van der Waals surface area contributed by atoms with E-state index in [1.54, 1.807) is 7.11 Å². The van der Waals surface area contributed by atoms with Crippen LogP contribution >= 0.6 is 0 Å². The maximum Gasteiger partial charge on any atom is 0.230 e. The zero-order valence-corrected chi connectivity index (χ0v) is 11.9. The van der Waals surface area contributed by atoms with Gasteiger partial charge >= 0.3 is 0 Å². The normalized spacial score (nSPS) is 12.9. The molecule has 18 heavy (non-hydrogen) atoms. The quantitative estimate of drug-likeness (QED) is 0.871. The monoisotopic (exact) mass is 249 g/mol. The number of nitrogens with one attached hydrogen (secondary N) is 1. The zero-order chi connectivity index (χ0) is 13.8. The molecular weight excluding hydrogens is 226 g/mol. The number of methoxy groups -OCH3 is 1. The Morgan fingerprint density at radius 2 is 1.89 bits per heavy atom. The highest BCUT2D eigenvalue weighted by Crippen LogP contribution is 2.25. The minimum Gasteiger partial charge on any atom is -0.497 e. The zero-order valence-electron chi connectivity index (χ0n) is 11.9. The fraction of sp³-hybridized carbons (Fsp3) is 0.533.